The molecule has 27 heavy (non-hydrogen) atoms. The van der Waals surface area contributed by atoms with Gasteiger partial charge in [0, 0.05) is 24.7 Å². The molecule has 0 unspecified atom stereocenters. The Hall–Kier alpha value is -3.39. The van der Waals surface area contributed by atoms with Crippen LogP contribution >= 0.6 is 0 Å². The third kappa shape index (κ3) is 3.75. The highest BCUT2D eigenvalue weighted by Crippen LogP contribution is 2.35. The molecule has 1 aliphatic heterocycles. The molecule has 0 spiro atoms. The summed E-state index contributed by atoms with van der Waals surface area (Å²) in [6, 6.07) is 20.0. The van der Waals surface area contributed by atoms with Crippen molar-refractivity contribution < 1.29 is 4.74 Å². The maximum absolute atomic E-state index is 7.61. The Bertz CT molecular complexity index is 964. The highest BCUT2D eigenvalue weighted by molar-refractivity contribution is 5.79. The van der Waals surface area contributed by atoms with Gasteiger partial charge in [-0.2, -0.15) is 5.10 Å². The molecular weight excluding hydrogens is 336 g/mol. The van der Waals surface area contributed by atoms with Gasteiger partial charge < -0.3 is 9.64 Å². The minimum Gasteiger partial charge on any atom is -0.471 e. The molecule has 3 aromatic rings. The summed E-state index contributed by atoms with van der Waals surface area (Å²) in [4.78, 5) is 5.98. The van der Waals surface area contributed by atoms with Gasteiger partial charge in [0.15, 0.2) is 0 Å². The van der Waals surface area contributed by atoms with E-state index in [0.717, 1.165) is 42.0 Å². The molecule has 0 bridgehead atoms. The quantitative estimate of drug-likeness (QED) is 0.638. The number of ether oxygens (including phenoxy) is 1. The molecule has 0 radical (unpaired) electrons. The second-order valence-electron chi connectivity index (χ2n) is 6.67. The first-order chi connectivity index (χ1) is 13.2. The lowest BCUT2D eigenvalue weighted by Gasteiger charge is -2.21. The van der Waals surface area contributed by atoms with Gasteiger partial charge in [-0.1, -0.05) is 36.4 Å². The molecule has 1 saturated heterocycles. The third-order valence-electron chi connectivity index (χ3n) is 4.75. The van der Waals surface area contributed by atoms with Crippen molar-refractivity contribution in [3.05, 3.63) is 77.8 Å². The summed E-state index contributed by atoms with van der Waals surface area (Å²) in [5, 5.41) is 8.12. The molecule has 0 N–H and O–H groups in total. The predicted octanol–water partition coefficient (Wildman–Crippen LogP) is 4.66. The summed E-state index contributed by atoms with van der Waals surface area (Å²) in [7, 11) is 0. The van der Waals surface area contributed by atoms with E-state index in [1.165, 1.54) is 0 Å². The summed E-state index contributed by atoms with van der Waals surface area (Å²) in [5.41, 5.74) is 4.69. The first kappa shape index (κ1) is 17.0. The highest BCUT2D eigenvalue weighted by atomic mass is 16.5. The summed E-state index contributed by atoms with van der Waals surface area (Å²) >= 11 is 0. The van der Waals surface area contributed by atoms with Crippen LogP contribution in [0.4, 0.5) is 11.4 Å². The van der Waals surface area contributed by atoms with Crippen LogP contribution in [0, 0.1) is 13.5 Å². The van der Waals surface area contributed by atoms with Crippen molar-refractivity contribution >= 4 is 11.4 Å². The van der Waals surface area contributed by atoms with E-state index in [9.17, 15) is 0 Å². The molecule has 5 heteroatoms. The van der Waals surface area contributed by atoms with E-state index in [0.29, 0.717) is 11.6 Å². The molecule has 1 fully saturated rings. The number of benzene rings is 2. The largest absolute Gasteiger partial charge is 0.471 e. The van der Waals surface area contributed by atoms with Crippen LogP contribution in [0.1, 0.15) is 12.1 Å². The Morgan fingerprint density at radius 1 is 1.04 bits per heavy atom. The van der Waals surface area contributed by atoms with Crippen LogP contribution < -0.4 is 9.64 Å². The van der Waals surface area contributed by atoms with Crippen molar-refractivity contribution in [2.24, 2.45) is 0 Å². The molecule has 0 aliphatic carbocycles. The molecule has 0 saturated carbocycles. The zero-order valence-corrected chi connectivity index (χ0v) is 15.2. The zero-order chi connectivity index (χ0) is 18.6. The fourth-order valence-corrected chi connectivity index (χ4v) is 3.35. The van der Waals surface area contributed by atoms with Crippen molar-refractivity contribution in [3.63, 3.8) is 0 Å². The van der Waals surface area contributed by atoms with Gasteiger partial charge in [-0.3, -0.25) is 0 Å². The smallest absolute Gasteiger partial charge is 0.233 e. The first-order valence-corrected chi connectivity index (χ1v) is 9.02. The van der Waals surface area contributed by atoms with Gasteiger partial charge in [0.1, 0.15) is 6.10 Å². The Labute approximate surface area is 159 Å². The Morgan fingerprint density at radius 3 is 2.63 bits per heavy atom. The maximum Gasteiger partial charge on any atom is 0.233 e. The molecule has 0 amide bonds. The monoisotopic (exact) mass is 356 g/mol. The Balaban J connectivity index is 1.50. The summed E-state index contributed by atoms with van der Waals surface area (Å²) in [6.45, 7) is 11.1. The normalized spacial score (nSPS) is 16.1. The number of aromatic nitrogens is 2. The van der Waals surface area contributed by atoms with Crippen LogP contribution in [0.5, 0.6) is 5.88 Å². The van der Waals surface area contributed by atoms with E-state index in [1.54, 1.807) is 0 Å². The highest BCUT2D eigenvalue weighted by Gasteiger charge is 2.26. The van der Waals surface area contributed by atoms with Gasteiger partial charge in [-0.05, 0) is 36.2 Å². The van der Waals surface area contributed by atoms with E-state index in [1.807, 2.05) is 49.4 Å². The number of nitrogens with zero attached hydrogens (tertiary/aromatic N) is 4. The fraction of sp³-hybridized carbons (Fsp3) is 0.227. The topological polar surface area (TPSA) is 42.6 Å². The number of aryl methyl sites for hydroxylation is 1. The molecule has 2 aromatic carbocycles. The van der Waals surface area contributed by atoms with Gasteiger partial charge >= 0.3 is 0 Å². The lowest BCUT2D eigenvalue weighted by molar-refractivity contribution is 0.213. The standard InChI is InChI=1S/C22H20N4O/c1-16-8-11-22(25-24-16)27-19-12-13-26(15-19)21-10-9-18(14-20(21)23-2)17-6-4-3-5-7-17/h3-11,14,19H,12-13,15H2,1H3/t19-/m0/s1. The van der Waals surface area contributed by atoms with Crippen molar-refractivity contribution in [2.45, 2.75) is 19.4 Å². The van der Waals surface area contributed by atoms with Crippen LogP contribution in [0.3, 0.4) is 0 Å². The van der Waals surface area contributed by atoms with E-state index >= 15 is 0 Å². The first-order valence-electron chi connectivity index (χ1n) is 9.02. The van der Waals surface area contributed by atoms with Crippen molar-refractivity contribution in [3.8, 4) is 17.0 Å². The fourth-order valence-electron chi connectivity index (χ4n) is 3.35. The molecule has 4 rings (SSSR count). The van der Waals surface area contributed by atoms with Crippen LogP contribution in [0.25, 0.3) is 16.0 Å². The van der Waals surface area contributed by atoms with Gasteiger partial charge in [0.05, 0.1) is 18.8 Å². The molecule has 1 atom stereocenters. The number of hydrogen-bond donors (Lipinski definition) is 0. The van der Waals surface area contributed by atoms with Crippen LogP contribution in [0.15, 0.2) is 60.7 Å². The Morgan fingerprint density at radius 2 is 1.89 bits per heavy atom. The minimum absolute atomic E-state index is 0.0504. The van der Waals surface area contributed by atoms with E-state index in [-0.39, 0.29) is 6.10 Å². The summed E-state index contributed by atoms with van der Waals surface area (Å²) in [5.74, 6) is 0.553. The third-order valence-corrected chi connectivity index (χ3v) is 4.75. The van der Waals surface area contributed by atoms with Gasteiger partial charge in [-0.25, -0.2) is 4.85 Å². The average Bonchev–Trinajstić information content (AvgIpc) is 3.18. The number of rotatable bonds is 4. The van der Waals surface area contributed by atoms with E-state index in [2.05, 4.69) is 38.1 Å². The van der Waals surface area contributed by atoms with Gasteiger partial charge in [0.25, 0.3) is 0 Å². The van der Waals surface area contributed by atoms with Crippen LogP contribution in [0.2, 0.25) is 0 Å². The lowest BCUT2D eigenvalue weighted by atomic mass is 10.0. The van der Waals surface area contributed by atoms with Gasteiger partial charge in [-0.15, -0.1) is 5.10 Å². The molecule has 2 heterocycles. The molecular formula is C22H20N4O. The summed E-state index contributed by atoms with van der Waals surface area (Å²) in [6.07, 6.45) is 0.947. The van der Waals surface area contributed by atoms with E-state index < -0.39 is 0 Å². The van der Waals surface area contributed by atoms with Crippen LogP contribution in [-0.2, 0) is 0 Å². The second kappa shape index (κ2) is 7.46. The van der Waals surface area contributed by atoms with Crippen molar-refractivity contribution in [1.82, 2.24) is 10.2 Å². The predicted molar refractivity (Wildman–Crippen MR) is 106 cm³/mol. The molecule has 1 aliphatic rings. The van der Waals surface area contributed by atoms with Crippen LogP contribution in [-0.4, -0.2) is 29.4 Å². The Kier molecular flexibility index (Phi) is 4.71. The second-order valence-corrected chi connectivity index (χ2v) is 6.67. The SMILES string of the molecule is [C-]#[N+]c1cc(-c2ccccc2)ccc1N1CC[C@H](Oc2ccc(C)nn2)C1. The molecule has 134 valence electrons. The number of hydrogen-bond acceptors (Lipinski definition) is 4. The molecule has 1 aromatic heterocycles. The lowest BCUT2D eigenvalue weighted by Crippen LogP contribution is -2.24. The minimum atomic E-state index is 0.0504. The van der Waals surface area contributed by atoms with E-state index in [4.69, 9.17) is 11.3 Å². The van der Waals surface area contributed by atoms with Crippen molar-refractivity contribution in [1.29, 1.82) is 0 Å². The van der Waals surface area contributed by atoms with Gasteiger partial charge in [0.2, 0.25) is 11.6 Å². The summed E-state index contributed by atoms with van der Waals surface area (Å²) < 4.78 is 5.96. The zero-order valence-electron chi connectivity index (χ0n) is 15.2. The molecule has 5 nitrogen and oxygen atoms in total. The maximum atomic E-state index is 7.61. The van der Waals surface area contributed by atoms with Crippen molar-refractivity contribution in [2.75, 3.05) is 18.0 Å². The average molecular weight is 356 g/mol. The number of anilines is 1.